The van der Waals surface area contributed by atoms with Gasteiger partial charge in [0, 0.05) is 0 Å². The number of amides is 4. The fourth-order valence-corrected chi connectivity index (χ4v) is 2.02. The smallest absolute Gasteiger partial charge is 0.318 e. The molecule has 19 heavy (non-hydrogen) atoms. The second-order valence-electron chi connectivity index (χ2n) is 4.45. The first-order valence-electron chi connectivity index (χ1n) is 5.75. The maximum absolute atomic E-state index is 11.8. The minimum absolute atomic E-state index is 0.184. The Kier molecular flexibility index (Phi) is 3.50. The lowest BCUT2D eigenvalue weighted by molar-refractivity contribution is -0.140. The molecule has 1 saturated heterocycles. The number of hydrogen-bond donors (Lipinski definition) is 3. The lowest BCUT2D eigenvalue weighted by Crippen LogP contribution is -2.56. The van der Waals surface area contributed by atoms with E-state index in [9.17, 15) is 19.2 Å². The first-order chi connectivity index (χ1) is 8.95. The maximum atomic E-state index is 11.8. The maximum Gasteiger partial charge on any atom is 0.318 e. The monoisotopic (exact) mass is 267 g/mol. The number of hydrogen-bond acceptors (Lipinski definition) is 4. The third-order valence-electron chi connectivity index (χ3n) is 2.94. The molecule has 1 fully saturated rings. The van der Waals surface area contributed by atoms with Crippen LogP contribution in [0, 0.1) is 5.92 Å². The van der Waals surface area contributed by atoms with Crippen LogP contribution in [-0.4, -0.2) is 53.0 Å². The number of urea groups is 1. The summed E-state index contributed by atoms with van der Waals surface area (Å²) in [6, 6.07) is -0.947. The van der Waals surface area contributed by atoms with Gasteiger partial charge in [-0.25, -0.2) is 4.79 Å². The predicted molar refractivity (Wildman–Crippen MR) is 61.9 cm³/mol. The standard InChI is InChI=1S/C11H13N3O5/c15-8-4-14(5-9(16)13-8)11(19)12-7-2-1-6(3-7)10(17)18/h1-2,6-7H,3-5H2,(H,12,19)(H,17,18)(H,13,15,16). The lowest BCUT2D eigenvalue weighted by atomic mass is 10.1. The number of carbonyl (C=O) groups is 4. The van der Waals surface area contributed by atoms with Gasteiger partial charge in [0.2, 0.25) is 11.8 Å². The van der Waals surface area contributed by atoms with E-state index in [1.54, 1.807) is 6.08 Å². The summed E-state index contributed by atoms with van der Waals surface area (Å²) in [5, 5.41) is 13.5. The summed E-state index contributed by atoms with van der Waals surface area (Å²) in [6.07, 6.45) is 3.39. The van der Waals surface area contributed by atoms with Crippen molar-refractivity contribution < 1.29 is 24.3 Å². The minimum atomic E-state index is -0.944. The van der Waals surface area contributed by atoms with Gasteiger partial charge in [0.25, 0.3) is 0 Å². The number of imide groups is 1. The van der Waals surface area contributed by atoms with Crippen LogP contribution in [0.5, 0.6) is 0 Å². The van der Waals surface area contributed by atoms with E-state index in [4.69, 9.17) is 5.11 Å². The first-order valence-corrected chi connectivity index (χ1v) is 5.75. The topological polar surface area (TPSA) is 116 Å². The molecule has 1 aliphatic heterocycles. The highest BCUT2D eigenvalue weighted by atomic mass is 16.4. The Labute approximate surface area is 108 Å². The minimum Gasteiger partial charge on any atom is -0.481 e. The van der Waals surface area contributed by atoms with Crippen molar-refractivity contribution in [2.24, 2.45) is 5.92 Å². The summed E-state index contributed by atoms with van der Waals surface area (Å²) in [4.78, 5) is 45.9. The van der Waals surface area contributed by atoms with Gasteiger partial charge >= 0.3 is 12.0 Å². The fourth-order valence-electron chi connectivity index (χ4n) is 2.02. The van der Waals surface area contributed by atoms with Crippen LogP contribution >= 0.6 is 0 Å². The van der Waals surface area contributed by atoms with Gasteiger partial charge in [-0.15, -0.1) is 0 Å². The second-order valence-corrected chi connectivity index (χ2v) is 4.45. The van der Waals surface area contributed by atoms with E-state index in [0.29, 0.717) is 0 Å². The van der Waals surface area contributed by atoms with Gasteiger partial charge in [0.05, 0.1) is 12.0 Å². The molecule has 8 heteroatoms. The molecule has 0 bridgehead atoms. The molecule has 2 unspecified atom stereocenters. The van der Waals surface area contributed by atoms with Crippen LogP contribution in [0.1, 0.15) is 6.42 Å². The van der Waals surface area contributed by atoms with Crippen molar-refractivity contribution in [3.05, 3.63) is 12.2 Å². The number of aliphatic carboxylic acids is 1. The van der Waals surface area contributed by atoms with Gasteiger partial charge in [0.15, 0.2) is 0 Å². The fraction of sp³-hybridized carbons (Fsp3) is 0.455. The molecule has 2 aliphatic rings. The third kappa shape index (κ3) is 3.09. The molecule has 2 atom stereocenters. The average Bonchev–Trinajstić information content (AvgIpc) is 2.76. The molecule has 3 N–H and O–H groups in total. The molecule has 0 saturated carbocycles. The molecule has 1 aliphatic carbocycles. The zero-order valence-electron chi connectivity index (χ0n) is 9.96. The summed E-state index contributed by atoms with van der Waals surface area (Å²) >= 11 is 0. The van der Waals surface area contributed by atoms with Gasteiger partial charge in [-0.05, 0) is 6.42 Å². The van der Waals surface area contributed by atoms with Crippen molar-refractivity contribution >= 4 is 23.8 Å². The van der Waals surface area contributed by atoms with E-state index in [0.717, 1.165) is 4.90 Å². The van der Waals surface area contributed by atoms with Gasteiger partial charge < -0.3 is 15.3 Å². The molecule has 0 aromatic rings. The number of nitrogens with one attached hydrogen (secondary N) is 2. The van der Waals surface area contributed by atoms with E-state index in [2.05, 4.69) is 10.6 Å². The van der Waals surface area contributed by atoms with Crippen LogP contribution in [0.25, 0.3) is 0 Å². The Morgan fingerprint density at radius 3 is 2.42 bits per heavy atom. The number of nitrogens with zero attached hydrogens (tertiary/aromatic N) is 1. The molecule has 0 aromatic heterocycles. The number of rotatable bonds is 2. The molecule has 0 aromatic carbocycles. The van der Waals surface area contributed by atoms with E-state index >= 15 is 0 Å². The van der Waals surface area contributed by atoms with Crippen molar-refractivity contribution in [1.29, 1.82) is 0 Å². The van der Waals surface area contributed by atoms with E-state index in [1.807, 2.05) is 0 Å². The predicted octanol–water partition coefficient (Wildman–Crippen LogP) is -1.32. The number of carbonyl (C=O) groups excluding carboxylic acids is 3. The molecule has 0 radical (unpaired) electrons. The van der Waals surface area contributed by atoms with Crippen molar-refractivity contribution in [2.45, 2.75) is 12.5 Å². The quantitative estimate of drug-likeness (QED) is 0.424. The van der Waals surface area contributed by atoms with E-state index in [1.165, 1.54) is 6.08 Å². The van der Waals surface area contributed by atoms with Crippen molar-refractivity contribution in [3.63, 3.8) is 0 Å². The Hall–Kier alpha value is -2.38. The molecule has 102 valence electrons. The number of carboxylic acid groups (broad SMARTS) is 1. The average molecular weight is 267 g/mol. The molecule has 8 nitrogen and oxygen atoms in total. The van der Waals surface area contributed by atoms with Gasteiger partial charge in [-0.1, -0.05) is 12.2 Å². The summed E-state index contributed by atoms with van der Waals surface area (Å²) in [6.45, 7) is -0.368. The summed E-state index contributed by atoms with van der Waals surface area (Å²) < 4.78 is 0. The van der Waals surface area contributed by atoms with Crippen molar-refractivity contribution in [3.8, 4) is 0 Å². The van der Waals surface area contributed by atoms with Crippen LogP contribution in [0.3, 0.4) is 0 Å². The zero-order valence-corrected chi connectivity index (χ0v) is 9.96. The molecule has 2 rings (SSSR count). The van der Waals surface area contributed by atoms with Crippen molar-refractivity contribution in [2.75, 3.05) is 13.1 Å². The summed E-state index contributed by atoms with van der Waals surface area (Å²) in [5.74, 6) is -2.62. The first kappa shape index (κ1) is 13.1. The molecule has 1 heterocycles. The number of carboxylic acids is 1. The van der Waals surface area contributed by atoms with Crippen LogP contribution in [0.4, 0.5) is 4.79 Å². The van der Waals surface area contributed by atoms with E-state index in [-0.39, 0.29) is 19.5 Å². The van der Waals surface area contributed by atoms with Crippen molar-refractivity contribution in [1.82, 2.24) is 15.5 Å². The normalized spacial score (nSPS) is 26.2. The molecule has 0 spiro atoms. The number of piperazine rings is 1. The van der Waals surface area contributed by atoms with Crippen LogP contribution in [0.2, 0.25) is 0 Å². The lowest BCUT2D eigenvalue weighted by Gasteiger charge is -2.26. The highest BCUT2D eigenvalue weighted by Crippen LogP contribution is 2.18. The Morgan fingerprint density at radius 2 is 1.89 bits per heavy atom. The van der Waals surface area contributed by atoms with E-state index < -0.39 is 35.8 Å². The zero-order chi connectivity index (χ0) is 14.0. The van der Waals surface area contributed by atoms with Crippen LogP contribution in [0.15, 0.2) is 12.2 Å². The molecular formula is C11H13N3O5. The second kappa shape index (κ2) is 5.09. The van der Waals surface area contributed by atoms with Gasteiger partial charge in [0.1, 0.15) is 13.1 Å². The summed E-state index contributed by atoms with van der Waals surface area (Å²) in [7, 11) is 0. The molecule has 4 amide bonds. The molecular weight excluding hydrogens is 254 g/mol. The summed E-state index contributed by atoms with van der Waals surface area (Å²) in [5.41, 5.74) is 0. The Morgan fingerprint density at radius 1 is 1.26 bits per heavy atom. The highest BCUT2D eigenvalue weighted by molar-refractivity contribution is 6.02. The highest BCUT2D eigenvalue weighted by Gasteiger charge is 2.30. The Bertz CT molecular complexity index is 457. The van der Waals surface area contributed by atoms with Gasteiger partial charge in [-0.3, -0.25) is 19.7 Å². The Balaban J connectivity index is 1.88. The van der Waals surface area contributed by atoms with Crippen LogP contribution in [-0.2, 0) is 14.4 Å². The van der Waals surface area contributed by atoms with Gasteiger partial charge in [-0.2, -0.15) is 0 Å². The third-order valence-corrected chi connectivity index (χ3v) is 2.94. The largest absolute Gasteiger partial charge is 0.481 e. The SMILES string of the molecule is O=C1CN(C(=O)NC2C=CC(C(=O)O)C2)CC(=O)N1. The van der Waals surface area contributed by atoms with Crippen LogP contribution < -0.4 is 10.6 Å².